The van der Waals surface area contributed by atoms with E-state index < -0.39 is 97.5 Å². The van der Waals surface area contributed by atoms with E-state index in [0.29, 0.717) is 25.7 Å². The first kappa shape index (κ1) is 89.1. The van der Waals surface area contributed by atoms with Crippen molar-refractivity contribution in [2.45, 2.75) is 381 Å². The smallest absolute Gasteiger partial charge is 0.462 e. The Labute approximate surface area is 556 Å². The monoisotopic (exact) mass is 1340 g/mol. The fourth-order valence-corrected chi connectivity index (χ4v) is 12.5. The largest absolute Gasteiger partial charge is 0.472 e. The lowest BCUT2D eigenvalue weighted by atomic mass is 10.0. The van der Waals surface area contributed by atoms with Gasteiger partial charge in [-0.1, -0.05) is 312 Å². The summed E-state index contributed by atoms with van der Waals surface area (Å²) in [6, 6.07) is 0. The summed E-state index contributed by atoms with van der Waals surface area (Å²) >= 11 is 0. The minimum absolute atomic E-state index is 0.105. The van der Waals surface area contributed by atoms with Gasteiger partial charge in [-0.2, -0.15) is 0 Å². The van der Waals surface area contributed by atoms with Crippen LogP contribution in [-0.2, 0) is 65.4 Å². The van der Waals surface area contributed by atoms with Gasteiger partial charge in [0.15, 0.2) is 12.2 Å². The molecule has 540 valence electrons. The summed E-state index contributed by atoms with van der Waals surface area (Å²) in [6.07, 6.45) is 47.5. The fourth-order valence-electron chi connectivity index (χ4n) is 10.9. The second-order valence-electron chi connectivity index (χ2n) is 27.4. The molecule has 91 heavy (non-hydrogen) atoms. The van der Waals surface area contributed by atoms with Gasteiger partial charge in [0.25, 0.3) is 0 Å². The number of carbonyl (C=O) groups is 4. The number of esters is 4. The Kier molecular flexibility index (Phi) is 61.5. The highest BCUT2D eigenvalue weighted by atomic mass is 31.2. The first-order valence-corrected chi connectivity index (χ1v) is 40.3. The Hall–Kier alpha value is -1.94. The first-order chi connectivity index (χ1) is 43.7. The first-order valence-electron chi connectivity index (χ1n) is 37.3. The molecule has 0 saturated carbocycles. The molecule has 0 aromatic carbocycles. The third-order valence-corrected chi connectivity index (χ3v) is 18.5. The highest BCUT2D eigenvalue weighted by Crippen LogP contribution is 2.45. The Morgan fingerprint density at radius 2 is 0.505 bits per heavy atom. The number of aliphatic hydroxyl groups excluding tert-OH is 1. The minimum Gasteiger partial charge on any atom is -0.462 e. The van der Waals surface area contributed by atoms with Gasteiger partial charge in [0, 0.05) is 25.7 Å². The number of carbonyl (C=O) groups excluding carboxylic acids is 4. The maximum atomic E-state index is 13.0. The number of phosphoric ester groups is 2. The molecule has 0 aliphatic carbocycles. The van der Waals surface area contributed by atoms with Crippen LogP contribution in [0.2, 0.25) is 0 Å². The van der Waals surface area contributed by atoms with E-state index in [9.17, 15) is 43.2 Å². The van der Waals surface area contributed by atoms with Crippen LogP contribution >= 0.6 is 15.6 Å². The second-order valence-corrected chi connectivity index (χ2v) is 30.3. The average Bonchev–Trinajstić information content (AvgIpc) is 3.09. The number of phosphoric acid groups is 2. The van der Waals surface area contributed by atoms with Crippen LogP contribution in [0.4, 0.5) is 0 Å². The number of hydrogen-bond donors (Lipinski definition) is 3. The van der Waals surface area contributed by atoms with Crippen LogP contribution in [0.3, 0.4) is 0 Å². The Morgan fingerprint density at radius 1 is 0.297 bits per heavy atom. The molecule has 17 nitrogen and oxygen atoms in total. The third-order valence-electron chi connectivity index (χ3n) is 16.6. The average molecular weight is 1340 g/mol. The predicted molar refractivity (Wildman–Crippen MR) is 368 cm³/mol. The molecule has 0 fully saturated rings. The molecule has 0 aliphatic heterocycles. The molecule has 0 aromatic heterocycles. The summed E-state index contributed by atoms with van der Waals surface area (Å²) in [7, 11) is -9.90. The molecular weight excluding hydrogens is 1200 g/mol. The Morgan fingerprint density at radius 3 is 0.747 bits per heavy atom. The van der Waals surface area contributed by atoms with E-state index in [4.69, 9.17) is 37.0 Å². The van der Waals surface area contributed by atoms with E-state index in [-0.39, 0.29) is 25.7 Å². The molecule has 0 aliphatic rings. The maximum absolute atomic E-state index is 13.0. The van der Waals surface area contributed by atoms with Crippen molar-refractivity contribution in [3.05, 3.63) is 0 Å². The van der Waals surface area contributed by atoms with Crippen molar-refractivity contribution in [2.24, 2.45) is 17.8 Å². The number of ether oxygens (including phenoxy) is 4. The van der Waals surface area contributed by atoms with Crippen LogP contribution in [0.25, 0.3) is 0 Å². The van der Waals surface area contributed by atoms with Gasteiger partial charge in [0.05, 0.1) is 26.4 Å². The zero-order valence-corrected chi connectivity index (χ0v) is 61.1. The van der Waals surface area contributed by atoms with Crippen molar-refractivity contribution in [1.82, 2.24) is 0 Å². The standard InChI is InChI=1S/C72H140O17P2/c1-8-9-10-36-46-53-69(74)82-59-67(88-71(76)56-49-42-35-29-23-17-20-26-32-39-45-52-65(6)7)61-86-90(78,79)84-57-66(73)58-85-91(80,81)87-62-68(60-83-70(75)54-47-40-33-27-22-16-19-25-31-38-44-51-64(4)5)89-72(77)55-48-41-34-28-21-15-13-11-12-14-18-24-30-37-43-50-63(2)3/h63-68,73H,8-62H2,1-7H3,(H,78,79)(H,80,81)/t66-,67+,68+/m0/s1. The van der Waals surface area contributed by atoms with Crippen molar-refractivity contribution >= 4 is 39.5 Å². The third kappa shape index (κ3) is 66.5. The molecule has 19 heteroatoms. The zero-order valence-electron chi connectivity index (χ0n) is 59.3. The van der Waals surface area contributed by atoms with Crippen molar-refractivity contribution < 1.29 is 80.2 Å². The summed E-state index contributed by atoms with van der Waals surface area (Å²) in [5.41, 5.74) is 0. The molecular formula is C72H140O17P2. The Balaban J connectivity index is 5.15. The number of hydrogen-bond acceptors (Lipinski definition) is 15. The number of unbranched alkanes of at least 4 members (excludes halogenated alkanes) is 38. The summed E-state index contributed by atoms with van der Waals surface area (Å²) in [4.78, 5) is 72.4. The van der Waals surface area contributed by atoms with Crippen molar-refractivity contribution in [3.8, 4) is 0 Å². The van der Waals surface area contributed by atoms with Gasteiger partial charge in [-0.05, 0) is 43.4 Å². The van der Waals surface area contributed by atoms with E-state index in [1.54, 1.807) is 0 Å². The van der Waals surface area contributed by atoms with Gasteiger partial charge in [0.2, 0.25) is 0 Å². The molecule has 0 heterocycles. The van der Waals surface area contributed by atoms with Crippen LogP contribution in [0.15, 0.2) is 0 Å². The highest BCUT2D eigenvalue weighted by Gasteiger charge is 2.30. The summed E-state index contributed by atoms with van der Waals surface area (Å²) < 4.78 is 68.2. The molecule has 0 spiro atoms. The lowest BCUT2D eigenvalue weighted by Gasteiger charge is -2.21. The van der Waals surface area contributed by atoms with E-state index in [0.717, 1.165) is 114 Å². The molecule has 0 amide bonds. The molecule has 0 aromatic rings. The molecule has 3 N–H and O–H groups in total. The van der Waals surface area contributed by atoms with Gasteiger partial charge in [0.1, 0.15) is 19.3 Å². The van der Waals surface area contributed by atoms with Gasteiger partial charge in [-0.3, -0.25) is 37.3 Å². The molecule has 2 unspecified atom stereocenters. The summed E-state index contributed by atoms with van der Waals surface area (Å²) in [5, 5.41) is 10.6. The fraction of sp³-hybridized carbons (Fsp3) is 0.944. The van der Waals surface area contributed by atoms with Gasteiger partial charge in [-0.25, -0.2) is 9.13 Å². The van der Waals surface area contributed by atoms with Gasteiger partial charge in [-0.15, -0.1) is 0 Å². The molecule has 5 atom stereocenters. The molecule has 0 saturated heterocycles. The van der Waals surface area contributed by atoms with E-state index >= 15 is 0 Å². The summed E-state index contributed by atoms with van der Waals surface area (Å²) in [5.74, 6) is 0.206. The van der Waals surface area contributed by atoms with Crippen LogP contribution < -0.4 is 0 Å². The van der Waals surface area contributed by atoms with Crippen molar-refractivity contribution in [2.75, 3.05) is 39.6 Å². The van der Waals surface area contributed by atoms with Crippen molar-refractivity contribution in [1.29, 1.82) is 0 Å². The van der Waals surface area contributed by atoms with E-state index in [1.165, 1.54) is 167 Å². The lowest BCUT2D eigenvalue weighted by Crippen LogP contribution is -2.30. The lowest BCUT2D eigenvalue weighted by molar-refractivity contribution is -0.161. The van der Waals surface area contributed by atoms with Crippen LogP contribution in [0.5, 0.6) is 0 Å². The number of aliphatic hydroxyl groups is 1. The van der Waals surface area contributed by atoms with Crippen molar-refractivity contribution in [3.63, 3.8) is 0 Å². The molecule has 0 radical (unpaired) electrons. The quantitative estimate of drug-likeness (QED) is 0.0222. The van der Waals surface area contributed by atoms with E-state index in [1.807, 2.05) is 0 Å². The predicted octanol–water partition coefficient (Wildman–Crippen LogP) is 20.6. The summed E-state index contributed by atoms with van der Waals surface area (Å²) in [6.45, 7) is 11.8. The Bertz CT molecular complexity index is 1780. The van der Waals surface area contributed by atoms with Gasteiger partial charge >= 0.3 is 39.5 Å². The zero-order chi connectivity index (χ0) is 67.3. The molecule has 0 bridgehead atoms. The van der Waals surface area contributed by atoms with E-state index in [2.05, 4.69) is 48.5 Å². The van der Waals surface area contributed by atoms with Gasteiger partial charge < -0.3 is 33.8 Å². The highest BCUT2D eigenvalue weighted by molar-refractivity contribution is 7.47. The normalized spacial score (nSPS) is 14.2. The topological polar surface area (TPSA) is 237 Å². The number of rotatable bonds is 70. The van der Waals surface area contributed by atoms with Crippen LogP contribution in [0.1, 0.15) is 363 Å². The SMILES string of the molecule is CCCCCCCC(=O)OC[C@H](COP(=O)(O)OC[C@H](O)COP(=O)(O)OC[C@@H](COC(=O)CCCCCCCCCCCCCC(C)C)OC(=O)CCCCCCCCCCCCCCCCCC(C)C)OC(=O)CCCCCCCCCCCCCC(C)C. The van der Waals surface area contributed by atoms with Crippen LogP contribution in [0, 0.1) is 17.8 Å². The minimum atomic E-state index is -4.95. The van der Waals surface area contributed by atoms with Crippen LogP contribution in [-0.4, -0.2) is 96.7 Å². The maximum Gasteiger partial charge on any atom is 0.472 e. The second kappa shape index (κ2) is 62.8. The molecule has 0 rings (SSSR count).